The molecular weight excluding hydrogens is 498 g/mol. The molecular formula is C31H37NO7. The Bertz CT molecular complexity index is 1310. The highest BCUT2D eigenvalue weighted by Gasteiger charge is 2.41. The number of ether oxygens (including phenoxy) is 5. The van der Waals surface area contributed by atoms with Gasteiger partial charge in [-0.1, -0.05) is 19.1 Å². The second-order valence-electron chi connectivity index (χ2n) is 9.61. The minimum Gasteiger partial charge on any atom is -0.493 e. The molecule has 1 aliphatic carbocycles. The number of carbonyl (C=O) groups excluding carboxylic acids is 2. The molecule has 0 fully saturated rings. The summed E-state index contributed by atoms with van der Waals surface area (Å²) in [6.45, 7) is 6.45. The number of benzene rings is 2. The zero-order valence-corrected chi connectivity index (χ0v) is 23.5. The highest BCUT2D eigenvalue weighted by atomic mass is 16.5. The lowest BCUT2D eigenvalue weighted by atomic mass is 9.71. The first kappa shape index (κ1) is 28.1. The van der Waals surface area contributed by atoms with E-state index >= 15 is 0 Å². The van der Waals surface area contributed by atoms with Crippen molar-refractivity contribution in [3.05, 3.63) is 70.1 Å². The second kappa shape index (κ2) is 12.3. The lowest BCUT2D eigenvalue weighted by Gasteiger charge is -2.37. The number of methoxy groups -OCH3 is 3. The van der Waals surface area contributed by atoms with Crippen LogP contribution >= 0.6 is 0 Å². The molecule has 2 aliphatic rings. The standard InChI is InChI=1S/C31H37NO7/c1-7-13-39-25-12-10-20(17-27(25)37-6)29-28(31(34)38-8-2)18(3)32-22-14-21(15-23(33)30(22)29)19-9-11-24(35-4)26(16-19)36-5/h9-12,16-17,21,29,32H,7-8,13-15H2,1-6H3. The molecule has 0 amide bonds. The second-order valence-corrected chi connectivity index (χ2v) is 9.61. The van der Waals surface area contributed by atoms with E-state index in [2.05, 4.69) is 5.32 Å². The molecule has 39 heavy (non-hydrogen) atoms. The zero-order valence-electron chi connectivity index (χ0n) is 23.5. The molecule has 1 aliphatic heterocycles. The fourth-order valence-corrected chi connectivity index (χ4v) is 5.39. The molecule has 8 heteroatoms. The molecule has 1 heterocycles. The largest absolute Gasteiger partial charge is 0.493 e. The quantitative estimate of drug-likeness (QED) is 0.403. The van der Waals surface area contributed by atoms with Gasteiger partial charge in [-0.2, -0.15) is 0 Å². The lowest BCUT2D eigenvalue weighted by Crippen LogP contribution is -2.36. The number of esters is 1. The maximum Gasteiger partial charge on any atom is 0.336 e. The van der Waals surface area contributed by atoms with Crippen molar-refractivity contribution in [1.82, 2.24) is 5.32 Å². The average Bonchev–Trinajstić information content (AvgIpc) is 2.94. The van der Waals surface area contributed by atoms with E-state index in [4.69, 9.17) is 23.7 Å². The van der Waals surface area contributed by atoms with E-state index in [1.54, 1.807) is 28.3 Å². The van der Waals surface area contributed by atoms with Crippen LogP contribution in [0.1, 0.15) is 63.0 Å². The summed E-state index contributed by atoms with van der Waals surface area (Å²) in [5.41, 5.74) is 4.25. The summed E-state index contributed by atoms with van der Waals surface area (Å²) >= 11 is 0. The highest BCUT2D eigenvalue weighted by molar-refractivity contribution is 6.04. The maximum atomic E-state index is 13.9. The van der Waals surface area contributed by atoms with E-state index in [9.17, 15) is 9.59 Å². The topological polar surface area (TPSA) is 92.3 Å². The summed E-state index contributed by atoms with van der Waals surface area (Å²) in [7, 11) is 4.77. The van der Waals surface area contributed by atoms with E-state index in [0.29, 0.717) is 59.3 Å². The minimum atomic E-state index is -0.590. The number of hydrogen-bond acceptors (Lipinski definition) is 8. The molecule has 0 saturated heterocycles. The van der Waals surface area contributed by atoms with Crippen LogP contribution in [-0.4, -0.2) is 46.3 Å². The van der Waals surface area contributed by atoms with Crippen LogP contribution in [0.3, 0.4) is 0 Å². The Morgan fingerprint density at radius 3 is 2.21 bits per heavy atom. The van der Waals surface area contributed by atoms with Gasteiger partial charge in [-0.05, 0) is 68.0 Å². The molecule has 1 N–H and O–H groups in total. The fraction of sp³-hybridized carbons (Fsp3) is 0.419. The summed E-state index contributed by atoms with van der Waals surface area (Å²) in [6, 6.07) is 11.3. The lowest BCUT2D eigenvalue weighted by molar-refractivity contribution is -0.138. The van der Waals surface area contributed by atoms with E-state index in [1.807, 2.05) is 50.2 Å². The number of ketones is 1. The van der Waals surface area contributed by atoms with Gasteiger partial charge in [0.1, 0.15) is 0 Å². The van der Waals surface area contributed by atoms with Crippen molar-refractivity contribution in [2.45, 2.75) is 51.9 Å². The fourth-order valence-electron chi connectivity index (χ4n) is 5.39. The van der Waals surface area contributed by atoms with E-state index in [-0.39, 0.29) is 18.3 Å². The molecule has 4 rings (SSSR count). The Morgan fingerprint density at radius 1 is 0.897 bits per heavy atom. The number of Topliss-reactive ketones (excluding diaryl/α,β-unsaturated/α-hetero) is 1. The van der Waals surface area contributed by atoms with Gasteiger partial charge in [0.2, 0.25) is 0 Å². The van der Waals surface area contributed by atoms with Gasteiger partial charge in [0.15, 0.2) is 28.8 Å². The normalized spacial score (nSPS) is 18.8. The van der Waals surface area contributed by atoms with E-state index in [0.717, 1.165) is 23.2 Å². The maximum absolute atomic E-state index is 13.9. The van der Waals surface area contributed by atoms with Crippen molar-refractivity contribution in [1.29, 1.82) is 0 Å². The average molecular weight is 536 g/mol. The predicted molar refractivity (Wildman–Crippen MR) is 148 cm³/mol. The van der Waals surface area contributed by atoms with Crippen LogP contribution in [0.15, 0.2) is 58.9 Å². The molecule has 2 aromatic carbocycles. The molecule has 2 aromatic rings. The molecule has 0 bridgehead atoms. The van der Waals surface area contributed by atoms with Crippen molar-refractivity contribution < 1.29 is 33.3 Å². The summed E-state index contributed by atoms with van der Waals surface area (Å²) in [5, 5.41) is 3.38. The first-order valence-corrected chi connectivity index (χ1v) is 13.3. The van der Waals surface area contributed by atoms with Gasteiger partial charge in [-0.15, -0.1) is 0 Å². The number of nitrogens with one attached hydrogen (secondary N) is 1. The van der Waals surface area contributed by atoms with Crippen molar-refractivity contribution in [2.24, 2.45) is 0 Å². The third kappa shape index (κ3) is 5.60. The smallest absolute Gasteiger partial charge is 0.336 e. The van der Waals surface area contributed by atoms with Crippen LogP contribution in [0, 0.1) is 0 Å². The van der Waals surface area contributed by atoms with Crippen LogP contribution in [0.4, 0.5) is 0 Å². The Kier molecular flexibility index (Phi) is 8.84. The van der Waals surface area contributed by atoms with Gasteiger partial charge in [0.25, 0.3) is 0 Å². The Hall–Kier alpha value is -3.94. The van der Waals surface area contributed by atoms with Gasteiger partial charge in [-0.25, -0.2) is 4.79 Å². The van der Waals surface area contributed by atoms with Crippen LogP contribution in [-0.2, 0) is 14.3 Å². The summed E-state index contributed by atoms with van der Waals surface area (Å²) < 4.78 is 27.8. The summed E-state index contributed by atoms with van der Waals surface area (Å²) in [5.74, 6) is 1.32. The van der Waals surface area contributed by atoms with Crippen molar-refractivity contribution in [3.63, 3.8) is 0 Å². The Morgan fingerprint density at radius 2 is 1.54 bits per heavy atom. The SMILES string of the molecule is CCCOc1ccc(C2C(C(=O)OCC)=C(C)NC3=C2C(=O)CC(c2ccc(OC)c(OC)c2)C3)cc1OC. The Labute approximate surface area is 229 Å². The molecule has 0 saturated carbocycles. The summed E-state index contributed by atoms with van der Waals surface area (Å²) in [4.78, 5) is 27.1. The molecule has 8 nitrogen and oxygen atoms in total. The summed E-state index contributed by atoms with van der Waals surface area (Å²) in [6.07, 6.45) is 1.77. The van der Waals surface area contributed by atoms with Crippen LogP contribution in [0.25, 0.3) is 0 Å². The molecule has 0 spiro atoms. The third-order valence-corrected chi connectivity index (χ3v) is 7.18. The monoisotopic (exact) mass is 535 g/mol. The number of carbonyl (C=O) groups is 2. The molecule has 208 valence electrons. The van der Waals surface area contributed by atoms with Crippen molar-refractivity contribution in [3.8, 4) is 23.0 Å². The van der Waals surface area contributed by atoms with Gasteiger partial charge in [0, 0.05) is 29.3 Å². The number of hydrogen-bond donors (Lipinski definition) is 1. The third-order valence-electron chi connectivity index (χ3n) is 7.18. The molecule has 0 aromatic heterocycles. The van der Waals surface area contributed by atoms with Gasteiger partial charge in [0.05, 0.1) is 40.1 Å². The minimum absolute atomic E-state index is 0.0203. The van der Waals surface area contributed by atoms with Crippen LogP contribution in [0.5, 0.6) is 23.0 Å². The number of rotatable bonds is 10. The molecule has 2 unspecified atom stereocenters. The first-order valence-electron chi connectivity index (χ1n) is 13.3. The number of dihydropyridines is 1. The number of allylic oxidation sites excluding steroid dienone is 3. The van der Waals surface area contributed by atoms with E-state index < -0.39 is 11.9 Å². The first-order chi connectivity index (χ1) is 18.9. The van der Waals surface area contributed by atoms with Crippen molar-refractivity contribution in [2.75, 3.05) is 34.5 Å². The van der Waals surface area contributed by atoms with Gasteiger partial charge < -0.3 is 29.0 Å². The molecule has 0 radical (unpaired) electrons. The van der Waals surface area contributed by atoms with Crippen molar-refractivity contribution >= 4 is 11.8 Å². The Balaban J connectivity index is 1.79. The van der Waals surface area contributed by atoms with Crippen LogP contribution < -0.4 is 24.3 Å². The van der Waals surface area contributed by atoms with Crippen LogP contribution in [0.2, 0.25) is 0 Å². The van der Waals surface area contributed by atoms with E-state index in [1.165, 1.54) is 0 Å². The molecule has 2 atom stereocenters. The van der Waals surface area contributed by atoms with Gasteiger partial charge in [-0.3, -0.25) is 4.79 Å². The highest BCUT2D eigenvalue weighted by Crippen LogP contribution is 2.47. The van der Waals surface area contributed by atoms with Gasteiger partial charge >= 0.3 is 5.97 Å². The predicted octanol–water partition coefficient (Wildman–Crippen LogP) is 5.43. The zero-order chi connectivity index (χ0) is 28.1.